The number of fused-ring (bicyclic) bond motifs is 6. The van der Waals surface area contributed by atoms with Crippen molar-refractivity contribution in [2.75, 3.05) is 0 Å². The normalized spacial score (nSPS) is 12.4. The molecule has 0 spiro atoms. The summed E-state index contributed by atoms with van der Waals surface area (Å²) in [7, 11) is -3.88. The molecule has 6 nitrogen and oxygen atoms in total. The monoisotopic (exact) mass is 1010 g/mol. The highest BCUT2D eigenvalue weighted by molar-refractivity contribution is 8.34. The van der Waals surface area contributed by atoms with Gasteiger partial charge in [0, 0.05) is 85.5 Å². The first-order valence-electron chi connectivity index (χ1n) is 25.4. The molecule has 0 amide bonds. The van der Waals surface area contributed by atoms with Crippen LogP contribution in [0, 0.1) is 0 Å². The minimum Gasteiger partial charge on any atom is -0.278 e. The molecular formula is C68H48N6S2. The van der Waals surface area contributed by atoms with Crippen molar-refractivity contribution >= 4 is 63.7 Å². The molecule has 0 aliphatic heterocycles. The van der Waals surface area contributed by atoms with E-state index in [1.165, 1.54) is 29.4 Å². The highest BCUT2D eigenvalue weighted by Gasteiger charge is 2.36. The van der Waals surface area contributed by atoms with Crippen LogP contribution in [-0.4, -0.2) is 29.1 Å². The van der Waals surface area contributed by atoms with Gasteiger partial charge in [-0.05, 0) is 120 Å². The number of para-hydroxylation sites is 2. The average Bonchev–Trinajstić information content (AvgIpc) is 4.02. The zero-order valence-corrected chi connectivity index (χ0v) is 42.8. The van der Waals surface area contributed by atoms with E-state index in [1.807, 2.05) is 0 Å². The fourth-order valence-corrected chi connectivity index (χ4v) is 18.8. The van der Waals surface area contributed by atoms with Crippen LogP contribution >= 0.6 is 20.1 Å². The third-order valence-electron chi connectivity index (χ3n) is 14.6. The van der Waals surface area contributed by atoms with Crippen LogP contribution in [0.25, 0.3) is 66.6 Å². The molecule has 0 saturated carbocycles. The first-order valence-corrected chi connectivity index (χ1v) is 28.7. The molecule has 0 atom stereocenters. The van der Waals surface area contributed by atoms with E-state index in [0.717, 1.165) is 64.5 Å². The second-order valence-corrected chi connectivity index (χ2v) is 24.9. The molecule has 0 fully saturated rings. The van der Waals surface area contributed by atoms with E-state index < -0.39 is 20.1 Å². The maximum absolute atomic E-state index is 5.25. The second kappa shape index (κ2) is 18.9. The van der Waals surface area contributed by atoms with Gasteiger partial charge in [-0.1, -0.05) is 158 Å². The van der Waals surface area contributed by atoms with E-state index in [9.17, 15) is 0 Å². The molecule has 10 aromatic carbocycles. The lowest BCUT2D eigenvalue weighted by atomic mass is 10.0. The van der Waals surface area contributed by atoms with Gasteiger partial charge in [0.2, 0.25) is 11.9 Å². The SMILES string of the molecule is c1ccc(S(c2ccccc2)(c2ccccc2)c2cnc(-n3c4ccccc4c4cc(-c5ccc6c(c5)c5ccccc5n6-c5ncc(S(c6ccccc6)(c6ccccc6)c6ccccc6)cn5)ccc43)nc2)cc1. The Morgan fingerprint density at radius 3 is 0.763 bits per heavy atom. The lowest BCUT2D eigenvalue weighted by Crippen LogP contribution is -2.08. The Bertz CT molecular complexity index is 3880. The Labute approximate surface area is 444 Å². The molecule has 14 rings (SSSR count). The number of hydrogen-bond donors (Lipinski definition) is 0. The molecule has 0 saturated heterocycles. The van der Waals surface area contributed by atoms with Gasteiger partial charge in [-0.2, -0.15) is 0 Å². The molecule has 0 aliphatic rings. The Kier molecular flexibility index (Phi) is 11.2. The average molecular weight is 1010 g/mol. The summed E-state index contributed by atoms with van der Waals surface area (Å²) in [4.78, 5) is 30.5. The van der Waals surface area contributed by atoms with Crippen LogP contribution in [0.3, 0.4) is 0 Å². The van der Waals surface area contributed by atoms with E-state index in [0.29, 0.717) is 11.9 Å². The van der Waals surface area contributed by atoms with Gasteiger partial charge in [-0.3, -0.25) is 9.13 Å². The van der Waals surface area contributed by atoms with Crippen molar-refractivity contribution in [3.8, 4) is 23.0 Å². The van der Waals surface area contributed by atoms with E-state index in [2.05, 4.69) is 301 Å². The quantitative estimate of drug-likeness (QED) is 0.130. The van der Waals surface area contributed by atoms with Gasteiger partial charge < -0.3 is 0 Å². The summed E-state index contributed by atoms with van der Waals surface area (Å²) >= 11 is 0. The summed E-state index contributed by atoms with van der Waals surface area (Å²) in [6.07, 6.45) is 8.22. The molecule has 0 bridgehead atoms. The Morgan fingerprint density at radius 2 is 0.474 bits per heavy atom. The lowest BCUT2D eigenvalue weighted by Gasteiger charge is -2.41. The lowest BCUT2D eigenvalue weighted by molar-refractivity contribution is 0.956. The molecule has 14 aromatic rings. The molecule has 4 heterocycles. The maximum Gasteiger partial charge on any atom is 0.234 e. The van der Waals surface area contributed by atoms with Crippen LogP contribution in [0.4, 0.5) is 0 Å². The summed E-state index contributed by atoms with van der Waals surface area (Å²) in [6.45, 7) is 0. The van der Waals surface area contributed by atoms with Gasteiger partial charge in [0.05, 0.1) is 22.1 Å². The highest BCUT2D eigenvalue weighted by atomic mass is 32.3. The number of benzene rings is 10. The van der Waals surface area contributed by atoms with E-state index >= 15 is 0 Å². The van der Waals surface area contributed by atoms with Crippen molar-refractivity contribution in [2.45, 2.75) is 39.2 Å². The largest absolute Gasteiger partial charge is 0.278 e. The highest BCUT2D eigenvalue weighted by Crippen LogP contribution is 2.74. The fraction of sp³-hybridized carbons (Fsp3) is 0. The van der Waals surface area contributed by atoms with Crippen molar-refractivity contribution in [1.29, 1.82) is 0 Å². The second-order valence-electron chi connectivity index (χ2n) is 18.7. The number of hydrogen-bond acceptors (Lipinski definition) is 4. The molecule has 0 N–H and O–H groups in total. The zero-order valence-electron chi connectivity index (χ0n) is 41.2. The van der Waals surface area contributed by atoms with Crippen molar-refractivity contribution in [3.05, 3.63) is 292 Å². The summed E-state index contributed by atoms with van der Waals surface area (Å²) in [5, 5.41) is 4.55. The smallest absolute Gasteiger partial charge is 0.234 e. The molecule has 76 heavy (non-hydrogen) atoms. The van der Waals surface area contributed by atoms with Crippen LogP contribution in [-0.2, 0) is 0 Å². The van der Waals surface area contributed by atoms with Gasteiger partial charge in [0.15, 0.2) is 0 Å². The molecular weight excluding hydrogens is 965 g/mol. The van der Waals surface area contributed by atoms with E-state index in [1.54, 1.807) is 0 Å². The summed E-state index contributed by atoms with van der Waals surface area (Å²) in [5.74, 6) is 1.25. The van der Waals surface area contributed by atoms with Gasteiger partial charge >= 0.3 is 0 Å². The third kappa shape index (κ3) is 7.21. The van der Waals surface area contributed by atoms with E-state index in [4.69, 9.17) is 19.9 Å². The van der Waals surface area contributed by atoms with Crippen LogP contribution < -0.4 is 0 Å². The van der Waals surface area contributed by atoms with Crippen molar-refractivity contribution in [1.82, 2.24) is 29.1 Å². The Balaban J connectivity index is 0.865. The number of nitrogens with zero attached hydrogens (tertiary/aromatic N) is 6. The molecule has 8 heteroatoms. The predicted molar refractivity (Wildman–Crippen MR) is 312 cm³/mol. The molecule has 362 valence electrons. The Hall–Kier alpha value is -9.34. The van der Waals surface area contributed by atoms with Crippen LogP contribution in [0.1, 0.15) is 0 Å². The topological polar surface area (TPSA) is 61.4 Å². The zero-order chi connectivity index (χ0) is 50.5. The maximum atomic E-state index is 5.25. The van der Waals surface area contributed by atoms with Crippen molar-refractivity contribution in [2.24, 2.45) is 0 Å². The van der Waals surface area contributed by atoms with Gasteiger partial charge in [-0.25, -0.2) is 19.9 Å². The van der Waals surface area contributed by atoms with Gasteiger partial charge in [-0.15, -0.1) is 20.1 Å². The molecule has 0 aliphatic carbocycles. The molecule has 0 radical (unpaired) electrons. The van der Waals surface area contributed by atoms with Crippen molar-refractivity contribution < 1.29 is 0 Å². The van der Waals surface area contributed by atoms with Gasteiger partial charge in [0.25, 0.3) is 0 Å². The summed E-state index contributed by atoms with van der Waals surface area (Å²) in [5.41, 5.74) is 6.43. The number of aromatic nitrogens is 6. The first kappa shape index (κ1) is 45.3. The predicted octanol–water partition coefficient (Wildman–Crippen LogP) is 17.8. The minimum atomic E-state index is -1.94. The summed E-state index contributed by atoms with van der Waals surface area (Å²) in [6, 6.07) is 95.7. The molecule has 4 aromatic heterocycles. The van der Waals surface area contributed by atoms with E-state index in [-0.39, 0.29) is 0 Å². The fourth-order valence-electron chi connectivity index (χ4n) is 11.3. The van der Waals surface area contributed by atoms with Crippen LogP contribution in [0.2, 0.25) is 0 Å². The van der Waals surface area contributed by atoms with Crippen molar-refractivity contribution in [3.63, 3.8) is 0 Å². The van der Waals surface area contributed by atoms with Gasteiger partial charge in [0.1, 0.15) is 0 Å². The van der Waals surface area contributed by atoms with Crippen LogP contribution in [0.15, 0.2) is 331 Å². The third-order valence-corrected chi connectivity index (χ3v) is 22.3. The number of rotatable bonds is 11. The first-order chi connectivity index (χ1) is 37.7. The Morgan fingerprint density at radius 1 is 0.224 bits per heavy atom. The summed E-state index contributed by atoms with van der Waals surface area (Å²) < 4.78 is 4.41. The molecule has 0 unspecified atom stereocenters. The van der Waals surface area contributed by atoms with Crippen LogP contribution in [0.5, 0.6) is 0 Å². The standard InChI is InChI=1S/C68H48N6S2/c1-7-23-51(24-8-1)75(52-25-9-2-10-26-52,53-27-11-3-12-28-53)57-45-69-67(70-46-57)73-63-37-21-19-35-59(63)61-43-49(39-41-65(61)73)50-40-42-66-62(44-50)60-36-20-22-38-64(60)74(66)68-71-47-58(48-72-68)76(54-29-13-4-14-30-54,55-31-15-5-16-32-55)56-33-17-6-18-34-56/h1-48H. The minimum absolute atomic E-state index is 0.627.